The highest BCUT2D eigenvalue weighted by atomic mass is 79.9. The summed E-state index contributed by atoms with van der Waals surface area (Å²) >= 11 is 3.70. The van der Waals surface area contributed by atoms with Crippen LogP contribution in [0.2, 0.25) is 0 Å². The molecule has 3 saturated heterocycles. The molecule has 134 valence electrons. The summed E-state index contributed by atoms with van der Waals surface area (Å²) in [5.41, 5.74) is 4.25. The topological polar surface area (TPSA) is 32.8 Å². The third kappa shape index (κ3) is 1.48. The number of ether oxygens (including phenoxy) is 1. The first-order valence-electron chi connectivity index (χ1n) is 9.85. The molecule has 0 radical (unpaired) electrons. The molecular weight excluding hydrogens is 392 g/mol. The van der Waals surface area contributed by atoms with Crippen LogP contribution in [0.5, 0.6) is 0 Å². The highest BCUT2D eigenvalue weighted by molar-refractivity contribution is 9.10. The molecule has 4 fully saturated rings. The average molecular weight is 413 g/mol. The first kappa shape index (κ1) is 14.8. The second-order valence-electron chi connectivity index (χ2n) is 8.92. The van der Waals surface area contributed by atoms with E-state index in [1.165, 1.54) is 24.1 Å². The molecule has 6 aliphatic rings. The van der Waals surface area contributed by atoms with Crippen LogP contribution in [-0.2, 0) is 14.9 Å². The van der Waals surface area contributed by atoms with Crippen LogP contribution in [-0.4, -0.2) is 48.7 Å². The zero-order valence-corrected chi connectivity index (χ0v) is 16.1. The molecule has 1 aliphatic carbocycles. The third-order valence-electron chi connectivity index (χ3n) is 8.27. The lowest BCUT2D eigenvalue weighted by Gasteiger charge is -2.58. The molecular formula is C21H21BrN2O2. The van der Waals surface area contributed by atoms with Gasteiger partial charge in [-0.15, -0.1) is 0 Å². The Balaban J connectivity index is 1.55. The Hall–Kier alpha value is -1.17. The number of piperidine rings is 2. The Morgan fingerprint density at radius 1 is 1.31 bits per heavy atom. The van der Waals surface area contributed by atoms with E-state index in [-0.39, 0.29) is 23.5 Å². The van der Waals surface area contributed by atoms with Gasteiger partial charge in [0, 0.05) is 34.1 Å². The summed E-state index contributed by atoms with van der Waals surface area (Å²) in [7, 11) is 0. The first-order valence-corrected chi connectivity index (χ1v) is 10.6. The van der Waals surface area contributed by atoms with Crippen LogP contribution < -0.4 is 4.90 Å². The number of hydrogen-bond donors (Lipinski definition) is 0. The van der Waals surface area contributed by atoms with Crippen molar-refractivity contribution in [3.63, 3.8) is 0 Å². The molecule has 1 aromatic carbocycles. The standard InChI is InChI=1S/C21H21BrN2O2/c22-12-1-2-15-14(7-12)21-4-5-23-10-11-3-6-26-16-9-18(25)24(15)20(21)19(16)13(11)8-17(21)23/h1-3,7,13,16-17,19-20H,4-6,8-10H2/t13-,16-,17-,19-,20-,21+/m0/s1. The van der Waals surface area contributed by atoms with Gasteiger partial charge in [0.1, 0.15) is 0 Å². The van der Waals surface area contributed by atoms with Gasteiger partial charge < -0.3 is 9.64 Å². The van der Waals surface area contributed by atoms with Gasteiger partial charge in [-0.25, -0.2) is 0 Å². The number of carbonyl (C=O) groups is 1. The molecule has 1 amide bonds. The number of anilines is 1. The van der Waals surface area contributed by atoms with Crippen molar-refractivity contribution in [2.75, 3.05) is 24.6 Å². The van der Waals surface area contributed by atoms with Crippen molar-refractivity contribution in [2.24, 2.45) is 11.8 Å². The molecule has 0 unspecified atom stereocenters. The summed E-state index contributed by atoms with van der Waals surface area (Å²) in [5.74, 6) is 1.30. The summed E-state index contributed by atoms with van der Waals surface area (Å²) < 4.78 is 7.39. The zero-order chi connectivity index (χ0) is 17.2. The van der Waals surface area contributed by atoms with Crippen molar-refractivity contribution >= 4 is 27.5 Å². The highest BCUT2D eigenvalue weighted by Gasteiger charge is 2.70. The van der Waals surface area contributed by atoms with E-state index in [0.717, 1.165) is 17.6 Å². The molecule has 2 bridgehead atoms. The van der Waals surface area contributed by atoms with Gasteiger partial charge in [-0.2, -0.15) is 0 Å². The Kier molecular flexibility index (Phi) is 2.64. The van der Waals surface area contributed by atoms with Gasteiger partial charge in [-0.1, -0.05) is 27.6 Å². The zero-order valence-electron chi connectivity index (χ0n) is 14.5. The number of fused-ring (bicyclic) bond motifs is 2. The SMILES string of the molecule is O=C1C[C@@H]2OCC=C3CN4CC[C@]56c7cc(Br)ccc7N1[C@H]5[C@H]2[C@H]3C[C@H]46. The van der Waals surface area contributed by atoms with E-state index in [1.807, 2.05) is 0 Å². The van der Waals surface area contributed by atoms with E-state index in [4.69, 9.17) is 4.74 Å². The molecule has 0 N–H and O–H groups in total. The van der Waals surface area contributed by atoms with Gasteiger partial charge in [-0.3, -0.25) is 9.69 Å². The van der Waals surface area contributed by atoms with Crippen LogP contribution >= 0.6 is 15.9 Å². The monoisotopic (exact) mass is 412 g/mol. The normalized spacial score (nSPS) is 44.7. The van der Waals surface area contributed by atoms with E-state index in [1.54, 1.807) is 5.57 Å². The molecule has 26 heavy (non-hydrogen) atoms. The molecule has 0 aromatic heterocycles. The largest absolute Gasteiger partial charge is 0.373 e. The van der Waals surface area contributed by atoms with Crippen molar-refractivity contribution < 1.29 is 9.53 Å². The maximum atomic E-state index is 13.2. The molecule has 5 heterocycles. The quantitative estimate of drug-likeness (QED) is 0.614. The second-order valence-corrected chi connectivity index (χ2v) is 9.84. The Bertz CT molecular complexity index is 898. The molecule has 6 atom stereocenters. The highest BCUT2D eigenvalue weighted by Crippen LogP contribution is 2.65. The van der Waals surface area contributed by atoms with E-state index in [2.05, 4.69) is 50.0 Å². The van der Waals surface area contributed by atoms with Crippen LogP contribution in [0, 0.1) is 11.8 Å². The fraction of sp³-hybridized carbons (Fsp3) is 0.571. The Morgan fingerprint density at radius 3 is 3.15 bits per heavy atom. The second kappa shape index (κ2) is 4.62. The van der Waals surface area contributed by atoms with Crippen molar-refractivity contribution in [1.29, 1.82) is 0 Å². The van der Waals surface area contributed by atoms with Crippen LogP contribution in [0.25, 0.3) is 0 Å². The van der Waals surface area contributed by atoms with Crippen molar-refractivity contribution in [3.8, 4) is 0 Å². The summed E-state index contributed by atoms with van der Waals surface area (Å²) in [5, 5.41) is 0. The smallest absolute Gasteiger partial charge is 0.229 e. The number of carbonyl (C=O) groups excluding carboxylic acids is 1. The summed E-state index contributed by atoms with van der Waals surface area (Å²) in [6.07, 6.45) is 5.36. The third-order valence-corrected chi connectivity index (χ3v) is 8.76. The van der Waals surface area contributed by atoms with Crippen molar-refractivity contribution in [3.05, 3.63) is 39.9 Å². The predicted molar refractivity (Wildman–Crippen MR) is 101 cm³/mol. The maximum Gasteiger partial charge on any atom is 0.229 e. The van der Waals surface area contributed by atoms with Gasteiger partial charge in [0.2, 0.25) is 5.91 Å². The fourth-order valence-electron chi connectivity index (χ4n) is 7.52. The van der Waals surface area contributed by atoms with Crippen LogP contribution in [0.1, 0.15) is 24.8 Å². The number of rotatable bonds is 0. The van der Waals surface area contributed by atoms with Gasteiger partial charge in [-0.05, 0) is 49.1 Å². The minimum atomic E-state index is 0.0882. The fourth-order valence-corrected chi connectivity index (χ4v) is 7.88. The summed E-state index contributed by atoms with van der Waals surface area (Å²) in [6, 6.07) is 7.41. The van der Waals surface area contributed by atoms with Crippen LogP contribution in [0.3, 0.4) is 0 Å². The van der Waals surface area contributed by atoms with E-state index in [9.17, 15) is 4.79 Å². The lowest BCUT2D eigenvalue weighted by molar-refractivity contribution is -0.132. The minimum absolute atomic E-state index is 0.0882. The van der Waals surface area contributed by atoms with Gasteiger partial charge in [0.25, 0.3) is 0 Å². The number of hydrogen-bond acceptors (Lipinski definition) is 3. The van der Waals surface area contributed by atoms with Crippen molar-refractivity contribution in [2.45, 2.75) is 42.9 Å². The van der Waals surface area contributed by atoms with E-state index < -0.39 is 0 Å². The van der Waals surface area contributed by atoms with Gasteiger partial charge in [0.15, 0.2) is 0 Å². The maximum absolute atomic E-state index is 13.2. The number of nitrogens with zero attached hydrogens (tertiary/aromatic N) is 2. The predicted octanol–water partition coefficient (Wildman–Crippen LogP) is 2.86. The lowest BCUT2D eigenvalue weighted by Crippen LogP contribution is -2.69. The Morgan fingerprint density at radius 2 is 2.23 bits per heavy atom. The average Bonchev–Trinajstić information content (AvgIpc) is 3.09. The summed E-state index contributed by atoms with van der Waals surface area (Å²) in [6.45, 7) is 2.93. The number of amides is 1. The molecule has 5 aliphatic heterocycles. The van der Waals surface area contributed by atoms with Crippen LogP contribution in [0.15, 0.2) is 34.3 Å². The van der Waals surface area contributed by atoms with Crippen molar-refractivity contribution in [1.82, 2.24) is 4.90 Å². The first-order chi connectivity index (χ1) is 12.7. The van der Waals surface area contributed by atoms with Gasteiger partial charge >= 0.3 is 0 Å². The van der Waals surface area contributed by atoms with Crippen LogP contribution in [0.4, 0.5) is 5.69 Å². The molecule has 4 nitrogen and oxygen atoms in total. The molecule has 1 aromatic rings. The molecule has 1 spiro atoms. The number of halogens is 1. The van der Waals surface area contributed by atoms with Gasteiger partial charge in [0.05, 0.1) is 25.2 Å². The van der Waals surface area contributed by atoms with E-state index in [0.29, 0.717) is 30.9 Å². The molecule has 1 saturated carbocycles. The van der Waals surface area contributed by atoms with E-state index >= 15 is 0 Å². The lowest BCUT2D eigenvalue weighted by atomic mass is 9.53. The summed E-state index contributed by atoms with van der Waals surface area (Å²) in [4.78, 5) is 18.1. The minimum Gasteiger partial charge on any atom is -0.373 e. The molecule has 7 rings (SSSR count). The number of benzene rings is 1. The Labute approximate surface area is 161 Å². The molecule has 5 heteroatoms.